The van der Waals surface area contributed by atoms with Crippen LogP contribution < -0.4 is 10.1 Å². The molecule has 5 heteroatoms. The first-order valence-corrected chi connectivity index (χ1v) is 8.27. The first-order valence-electron chi connectivity index (χ1n) is 8.27. The molecule has 0 unspecified atom stereocenters. The fourth-order valence-electron chi connectivity index (χ4n) is 2.77. The normalized spacial score (nSPS) is 10.8. The molecule has 4 nitrogen and oxygen atoms in total. The van der Waals surface area contributed by atoms with Crippen LogP contribution in [0.4, 0.5) is 4.39 Å². The van der Waals surface area contributed by atoms with Gasteiger partial charge in [0.25, 0.3) is 5.91 Å². The first kappa shape index (κ1) is 17.0. The van der Waals surface area contributed by atoms with Crippen molar-refractivity contribution in [2.45, 2.75) is 20.3 Å². The molecule has 1 heterocycles. The molecule has 1 aromatic heterocycles. The third kappa shape index (κ3) is 3.82. The number of benzene rings is 2. The summed E-state index contributed by atoms with van der Waals surface area (Å²) >= 11 is 0. The highest BCUT2D eigenvalue weighted by Crippen LogP contribution is 2.28. The van der Waals surface area contributed by atoms with Crippen LogP contribution in [0.1, 0.15) is 28.6 Å². The second-order valence-electron chi connectivity index (χ2n) is 5.78. The van der Waals surface area contributed by atoms with Crippen molar-refractivity contribution in [2.75, 3.05) is 13.2 Å². The summed E-state index contributed by atoms with van der Waals surface area (Å²) in [7, 11) is 0. The summed E-state index contributed by atoms with van der Waals surface area (Å²) in [4.78, 5) is 12.4. The molecule has 0 aliphatic carbocycles. The van der Waals surface area contributed by atoms with Crippen LogP contribution in [0.2, 0.25) is 0 Å². The number of nitrogens with one attached hydrogen (secondary N) is 1. The molecule has 0 saturated carbocycles. The number of hydrogen-bond donors (Lipinski definition) is 1. The van der Waals surface area contributed by atoms with Crippen LogP contribution in [0, 0.1) is 12.7 Å². The average Bonchev–Trinajstić information content (AvgIpc) is 2.92. The Morgan fingerprint density at radius 3 is 2.84 bits per heavy atom. The molecule has 0 aliphatic rings. The van der Waals surface area contributed by atoms with Crippen molar-refractivity contribution in [1.82, 2.24) is 5.32 Å². The van der Waals surface area contributed by atoms with Crippen LogP contribution in [0.25, 0.3) is 11.0 Å². The summed E-state index contributed by atoms with van der Waals surface area (Å²) in [6.07, 6.45) is 0.553. The summed E-state index contributed by atoms with van der Waals surface area (Å²) in [6, 6.07) is 11.9. The minimum atomic E-state index is -0.276. The molecule has 0 fully saturated rings. The number of furan rings is 1. The van der Waals surface area contributed by atoms with Crippen molar-refractivity contribution in [2.24, 2.45) is 0 Å². The predicted octanol–water partition coefficient (Wildman–Crippen LogP) is 4.25. The monoisotopic (exact) mass is 341 g/mol. The predicted molar refractivity (Wildman–Crippen MR) is 94.6 cm³/mol. The third-order valence-corrected chi connectivity index (χ3v) is 4.01. The molecule has 3 aromatic rings. The lowest BCUT2D eigenvalue weighted by Crippen LogP contribution is -2.25. The molecule has 3 rings (SSSR count). The lowest BCUT2D eigenvalue weighted by molar-refractivity contribution is 0.0928. The van der Waals surface area contributed by atoms with E-state index in [4.69, 9.17) is 9.15 Å². The maximum atomic E-state index is 13.2. The molecule has 2 aromatic carbocycles. The summed E-state index contributed by atoms with van der Waals surface area (Å²) in [5.74, 6) is 0.491. The average molecular weight is 341 g/mol. The molecule has 1 amide bonds. The number of halogens is 1. The Balaban J connectivity index is 1.70. The number of ether oxygens (including phenoxy) is 1. The van der Waals surface area contributed by atoms with Crippen molar-refractivity contribution in [3.05, 3.63) is 65.2 Å². The summed E-state index contributed by atoms with van der Waals surface area (Å²) in [5.41, 5.74) is 2.26. The van der Waals surface area contributed by atoms with E-state index in [-0.39, 0.29) is 11.7 Å². The number of carbonyl (C=O) groups excluding carboxylic acids is 1. The fraction of sp³-hybridized carbons (Fsp3) is 0.250. The van der Waals surface area contributed by atoms with Gasteiger partial charge in [0.05, 0.1) is 6.61 Å². The molecule has 0 radical (unpaired) electrons. The van der Waals surface area contributed by atoms with Gasteiger partial charge in [-0.05, 0) is 56.2 Å². The smallest absolute Gasteiger partial charge is 0.287 e. The lowest BCUT2D eigenvalue weighted by atomic mass is 10.1. The van der Waals surface area contributed by atoms with Gasteiger partial charge in [-0.15, -0.1) is 0 Å². The topological polar surface area (TPSA) is 51.5 Å². The molecule has 0 atom stereocenters. The minimum absolute atomic E-state index is 0.275. The molecule has 25 heavy (non-hydrogen) atoms. The van der Waals surface area contributed by atoms with Gasteiger partial charge in [0.2, 0.25) is 0 Å². The zero-order valence-corrected chi connectivity index (χ0v) is 14.3. The van der Waals surface area contributed by atoms with Crippen LogP contribution in [0.5, 0.6) is 5.75 Å². The van der Waals surface area contributed by atoms with Crippen LogP contribution >= 0.6 is 0 Å². The number of aryl methyl sites for hydroxylation is 1. The van der Waals surface area contributed by atoms with E-state index in [0.29, 0.717) is 30.9 Å². The van der Waals surface area contributed by atoms with E-state index in [2.05, 4.69) is 5.32 Å². The Morgan fingerprint density at radius 1 is 1.24 bits per heavy atom. The van der Waals surface area contributed by atoms with Gasteiger partial charge in [-0.25, -0.2) is 4.39 Å². The van der Waals surface area contributed by atoms with Gasteiger partial charge in [-0.1, -0.05) is 12.1 Å². The zero-order valence-electron chi connectivity index (χ0n) is 14.3. The highest BCUT2D eigenvalue weighted by Gasteiger charge is 2.17. The Hall–Kier alpha value is -2.82. The van der Waals surface area contributed by atoms with Crippen LogP contribution in [-0.2, 0) is 6.42 Å². The third-order valence-electron chi connectivity index (χ3n) is 4.01. The van der Waals surface area contributed by atoms with Gasteiger partial charge < -0.3 is 14.5 Å². The zero-order chi connectivity index (χ0) is 17.8. The Morgan fingerprint density at radius 2 is 2.08 bits per heavy atom. The van der Waals surface area contributed by atoms with Gasteiger partial charge >= 0.3 is 0 Å². The number of fused-ring (bicyclic) bond motifs is 1. The molecule has 0 bridgehead atoms. The van der Waals surface area contributed by atoms with Crippen molar-refractivity contribution in [1.29, 1.82) is 0 Å². The van der Waals surface area contributed by atoms with E-state index in [1.165, 1.54) is 12.1 Å². The quantitative estimate of drug-likeness (QED) is 0.729. The van der Waals surface area contributed by atoms with Gasteiger partial charge in [0.15, 0.2) is 5.76 Å². The minimum Gasteiger partial charge on any atom is -0.494 e. The highest BCUT2D eigenvalue weighted by molar-refractivity contribution is 5.99. The Bertz CT molecular complexity index is 901. The van der Waals surface area contributed by atoms with Crippen LogP contribution in [0.15, 0.2) is 46.9 Å². The maximum Gasteiger partial charge on any atom is 0.287 e. The molecule has 130 valence electrons. The highest BCUT2D eigenvalue weighted by atomic mass is 19.1. The van der Waals surface area contributed by atoms with Crippen molar-refractivity contribution in [3.8, 4) is 5.75 Å². The van der Waals surface area contributed by atoms with Crippen molar-refractivity contribution in [3.63, 3.8) is 0 Å². The van der Waals surface area contributed by atoms with Gasteiger partial charge in [-0.2, -0.15) is 0 Å². The standard InChI is InChI=1S/C20H20FNO3/c1-3-24-16-7-8-18-17(12-16)13(2)19(25-18)20(23)22-10-9-14-5-4-6-15(21)11-14/h4-8,11-12H,3,9-10H2,1-2H3,(H,22,23). The van der Waals surface area contributed by atoms with Crippen molar-refractivity contribution >= 4 is 16.9 Å². The lowest BCUT2D eigenvalue weighted by Gasteiger charge is -2.04. The number of rotatable bonds is 6. The molecular weight excluding hydrogens is 321 g/mol. The van der Waals surface area contributed by atoms with E-state index < -0.39 is 0 Å². The van der Waals surface area contributed by atoms with E-state index in [0.717, 1.165) is 22.3 Å². The molecule has 1 N–H and O–H groups in total. The van der Waals surface area contributed by atoms with Crippen LogP contribution in [0.3, 0.4) is 0 Å². The van der Waals surface area contributed by atoms with Gasteiger partial charge in [0.1, 0.15) is 17.1 Å². The van der Waals surface area contributed by atoms with Gasteiger partial charge in [-0.3, -0.25) is 4.79 Å². The Kier molecular flexibility index (Phi) is 5.03. The first-order chi connectivity index (χ1) is 12.1. The summed E-state index contributed by atoms with van der Waals surface area (Å²) in [6.45, 7) is 4.76. The summed E-state index contributed by atoms with van der Waals surface area (Å²) < 4.78 is 24.3. The molecular formula is C20H20FNO3. The SMILES string of the molecule is CCOc1ccc2oc(C(=O)NCCc3cccc(F)c3)c(C)c2c1. The largest absolute Gasteiger partial charge is 0.494 e. The van der Waals surface area contributed by atoms with Crippen molar-refractivity contribution < 1.29 is 18.3 Å². The maximum absolute atomic E-state index is 13.2. The van der Waals surface area contributed by atoms with E-state index >= 15 is 0 Å². The fourth-order valence-corrected chi connectivity index (χ4v) is 2.77. The number of carbonyl (C=O) groups is 1. The van der Waals surface area contributed by atoms with E-state index in [9.17, 15) is 9.18 Å². The number of hydrogen-bond acceptors (Lipinski definition) is 3. The molecule has 0 aliphatic heterocycles. The number of amides is 1. The van der Waals surface area contributed by atoms with E-state index in [1.54, 1.807) is 12.1 Å². The molecule has 0 spiro atoms. The molecule has 0 saturated heterocycles. The Labute approximate surface area is 145 Å². The van der Waals surface area contributed by atoms with E-state index in [1.807, 2.05) is 32.0 Å². The second-order valence-corrected chi connectivity index (χ2v) is 5.78. The van der Waals surface area contributed by atoms with Gasteiger partial charge in [0, 0.05) is 17.5 Å². The summed E-state index contributed by atoms with van der Waals surface area (Å²) in [5, 5.41) is 3.68. The second kappa shape index (κ2) is 7.38. The van der Waals surface area contributed by atoms with Crippen LogP contribution in [-0.4, -0.2) is 19.1 Å².